The second-order valence-electron chi connectivity index (χ2n) is 21.6. The minimum atomic E-state index is -0.0339. The molecule has 4 N–H and O–H groups in total. The molecule has 10 nitrogen and oxygen atoms in total. The zero-order valence-corrected chi connectivity index (χ0v) is 38.9. The lowest BCUT2D eigenvalue weighted by Gasteiger charge is -2.37. The van der Waals surface area contributed by atoms with Gasteiger partial charge in [-0.2, -0.15) is 0 Å². The normalized spacial score (nSPS) is 34.6. The molecule has 4 bridgehead atoms. The molecule has 2 saturated heterocycles. The number of carbonyl (C=O) groups is 2. The highest BCUT2D eigenvalue weighted by Crippen LogP contribution is 2.54. The summed E-state index contributed by atoms with van der Waals surface area (Å²) in [6.45, 7) is 4.76. The van der Waals surface area contributed by atoms with Crippen LogP contribution in [0.5, 0.6) is 0 Å². The molecular formula is C54H80N6O4. The topological polar surface area (TPSA) is 107 Å². The molecule has 64 heavy (non-hydrogen) atoms. The number of rotatable bonds is 17. The first-order chi connectivity index (χ1) is 31.5. The third kappa shape index (κ3) is 10.5. The van der Waals surface area contributed by atoms with Crippen LogP contribution in [0.25, 0.3) is 0 Å². The van der Waals surface area contributed by atoms with Crippen LogP contribution < -0.4 is 21.3 Å². The van der Waals surface area contributed by atoms with Crippen LogP contribution in [0.3, 0.4) is 0 Å². The first-order valence-corrected chi connectivity index (χ1v) is 26.5. The van der Waals surface area contributed by atoms with E-state index in [1.54, 1.807) is 22.3 Å². The minimum Gasteiger partial charge on any atom is -0.376 e. The Morgan fingerprint density at radius 1 is 0.453 bits per heavy atom. The SMILES string of the molecule is O=C(NCCOC1CCC(C2CCC(OCCNC(=O)N[C@H]3CC[C@H](CCN4[C@@H]5CC[C@H]4c4ccccc45)CC3)CC2)CC1)N[C@H]1CC[C@H](CCN2[C@@H]3CC[C@H]2c2ccccc23)CC1. The number of hydrogen-bond acceptors (Lipinski definition) is 6. The predicted molar refractivity (Wildman–Crippen MR) is 253 cm³/mol. The van der Waals surface area contributed by atoms with Crippen molar-refractivity contribution in [3.8, 4) is 0 Å². The number of amides is 4. The van der Waals surface area contributed by atoms with Crippen molar-refractivity contribution in [3.05, 3.63) is 70.8 Å². The van der Waals surface area contributed by atoms with Gasteiger partial charge in [-0.3, -0.25) is 9.80 Å². The Bertz CT molecular complexity index is 1640. The molecule has 2 aromatic carbocycles. The smallest absolute Gasteiger partial charge is 0.315 e. The quantitative estimate of drug-likeness (QED) is 0.118. The van der Waals surface area contributed by atoms with E-state index < -0.39 is 0 Å². The standard InChI is InChI=1S/C54H80N6O4/c61-53(57-41-17-9-37(10-18-41)29-33-59-49-25-26-50(59)46-6-2-1-5-45(46)49)55-31-35-63-43-21-13-39(14-22-43)40-15-23-44(24-16-40)64-36-32-56-54(62)58-42-19-11-38(12-20-42)30-34-60-51-27-28-52(60)48-8-4-3-7-47(48)51/h1-8,37-44,49-52H,9-36H2,(H2,55,57,61)(H2,56,58,62)/t37-,38-,39?,40?,41-,42-,43?,44?,49-,50+,51-,52+. The van der Waals surface area contributed by atoms with Crippen LogP contribution in [0.2, 0.25) is 0 Å². The van der Waals surface area contributed by atoms with E-state index in [1.165, 1.54) is 103 Å². The summed E-state index contributed by atoms with van der Waals surface area (Å²) >= 11 is 0. The molecule has 10 rings (SSSR count). The molecule has 4 atom stereocenters. The molecule has 4 saturated carbocycles. The summed E-state index contributed by atoms with van der Waals surface area (Å²) in [6, 6.07) is 21.3. The highest BCUT2D eigenvalue weighted by Gasteiger charge is 2.44. The molecule has 0 unspecified atom stereocenters. The van der Waals surface area contributed by atoms with E-state index in [9.17, 15) is 9.59 Å². The van der Waals surface area contributed by atoms with E-state index in [4.69, 9.17) is 9.47 Å². The van der Waals surface area contributed by atoms with Gasteiger partial charge in [0.25, 0.3) is 0 Å². The fourth-order valence-corrected chi connectivity index (χ4v) is 14.5. The van der Waals surface area contributed by atoms with Gasteiger partial charge in [-0.25, -0.2) is 9.59 Å². The first kappa shape index (κ1) is 44.6. The van der Waals surface area contributed by atoms with E-state index >= 15 is 0 Å². The summed E-state index contributed by atoms with van der Waals surface area (Å²) in [5.41, 5.74) is 6.33. The molecule has 10 heteroatoms. The van der Waals surface area contributed by atoms with Crippen molar-refractivity contribution in [1.82, 2.24) is 31.1 Å². The maximum Gasteiger partial charge on any atom is 0.315 e. The molecule has 8 aliphatic rings. The lowest BCUT2D eigenvalue weighted by atomic mass is 9.72. The van der Waals surface area contributed by atoms with Crippen molar-refractivity contribution < 1.29 is 19.1 Å². The summed E-state index contributed by atoms with van der Waals surface area (Å²) in [5.74, 6) is 3.15. The van der Waals surface area contributed by atoms with Gasteiger partial charge in [0.05, 0.1) is 25.4 Å². The number of hydrogen-bond donors (Lipinski definition) is 4. The van der Waals surface area contributed by atoms with Crippen molar-refractivity contribution >= 4 is 12.1 Å². The average molecular weight is 877 g/mol. The van der Waals surface area contributed by atoms with Crippen LogP contribution in [0.1, 0.15) is 188 Å². The van der Waals surface area contributed by atoms with Crippen LogP contribution in [0, 0.1) is 23.7 Å². The number of urea groups is 2. The Kier molecular flexibility index (Phi) is 14.8. The lowest BCUT2D eigenvalue weighted by molar-refractivity contribution is -0.00864. The Morgan fingerprint density at radius 2 is 0.797 bits per heavy atom. The first-order valence-electron chi connectivity index (χ1n) is 26.5. The molecule has 0 radical (unpaired) electrons. The van der Waals surface area contributed by atoms with Gasteiger partial charge in [-0.1, -0.05) is 48.5 Å². The van der Waals surface area contributed by atoms with Crippen molar-refractivity contribution in [1.29, 1.82) is 0 Å². The number of fused-ring (bicyclic) bond motifs is 10. The second-order valence-corrected chi connectivity index (χ2v) is 21.6. The predicted octanol–water partition coefficient (Wildman–Crippen LogP) is 10.4. The fourth-order valence-electron chi connectivity index (χ4n) is 14.5. The average Bonchev–Trinajstić information content (AvgIpc) is 4.10. The maximum atomic E-state index is 12.7. The van der Waals surface area contributed by atoms with Gasteiger partial charge >= 0.3 is 12.1 Å². The van der Waals surface area contributed by atoms with Crippen LogP contribution >= 0.6 is 0 Å². The van der Waals surface area contributed by atoms with Crippen molar-refractivity contribution in [2.75, 3.05) is 39.4 Å². The van der Waals surface area contributed by atoms with Crippen LogP contribution in [0.4, 0.5) is 9.59 Å². The molecule has 2 aromatic rings. The summed E-state index contributed by atoms with van der Waals surface area (Å²) in [7, 11) is 0. The number of ether oxygens (including phenoxy) is 2. The van der Waals surface area contributed by atoms with E-state index in [0.717, 1.165) is 75.0 Å². The van der Waals surface area contributed by atoms with E-state index in [1.807, 2.05) is 0 Å². The van der Waals surface area contributed by atoms with Crippen molar-refractivity contribution in [2.45, 2.75) is 190 Å². The van der Waals surface area contributed by atoms with Crippen LogP contribution in [-0.2, 0) is 9.47 Å². The summed E-state index contributed by atoms with van der Waals surface area (Å²) in [6.07, 6.45) is 27.3. The van der Waals surface area contributed by atoms with E-state index in [2.05, 4.69) is 79.6 Å². The molecule has 4 heterocycles. The Hall–Kier alpha value is -3.18. The number of benzene rings is 2. The zero-order valence-electron chi connectivity index (χ0n) is 38.9. The Balaban J connectivity index is 0.514. The summed E-state index contributed by atoms with van der Waals surface area (Å²) in [5, 5.41) is 12.7. The molecular weight excluding hydrogens is 797 g/mol. The molecule has 350 valence electrons. The third-order valence-corrected chi connectivity index (χ3v) is 18.0. The van der Waals surface area contributed by atoms with Crippen LogP contribution in [0.15, 0.2) is 48.5 Å². The van der Waals surface area contributed by atoms with E-state index in [0.29, 0.717) is 74.8 Å². The van der Waals surface area contributed by atoms with Crippen LogP contribution in [-0.4, -0.2) is 85.5 Å². The maximum absolute atomic E-state index is 12.7. The van der Waals surface area contributed by atoms with Gasteiger partial charge in [0.15, 0.2) is 0 Å². The van der Waals surface area contributed by atoms with Gasteiger partial charge in [0.1, 0.15) is 0 Å². The van der Waals surface area contributed by atoms with Gasteiger partial charge in [0.2, 0.25) is 0 Å². The highest BCUT2D eigenvalue weighted by molar-refractivity contribution is 5.74. The van der Waals surface area contributed by atoms with Gasteiger partial charge in [0, 0.05) is 49.3 Å². The fraction of sp³-hybridized carbons (Fsp3) is 0.741. The molecule has 4 aliphatic carbocycles. The number of nitrogens with zero attached hydrogens (tertiary/aromatic N) is 2. The number of carbonyl (C=O) groups excluding carboxylic acids is 2. The van der Waals surface area contributed by atoms with Crippen molar-refractivity contribution in [3.63, 3.8) is 0 Å². The third-order valence-electron chi connectivity index (χ3n) is 18.0. The molecule has 0 spiro atoms. The van der Waals surface area contributed by atoms with Gasteiger partial charge in [-0.05, 0) is 200 Å². The monoisotopic (exact) mass is 877 g/mol. The molecule has 4 amide bonds. The van der Waals surface area contributed by atoms with Crippen molar-refractivity contribution in [2.24, 2.45) is 23.7 Å². The van der Waals surface area contributed by atoms with Gasteiger partial charge < -0.3 is 30.7 Å². The minimum absolute atomic E-state index is 0.0339. The van der Waals surface area contributed by atoms with E-state index in [-0.39, 0.29) is 12.1 Å². The Morgan fingerprint density at radius 3 is 1.14 bits per heavy atom. The molecule has 6 fully saturated rings. The Labute approximate surface area is 384 Å². The summed E-state index contributed by atoms with van der Waals surface area (Å²) < 4.78 is 12.5. The second kappa shape index (κ2) is 21.2. The van der Waals surface area contributed by atoms with Gasteiger partial charge in [-0.15, -0.1) is 0 Å². The lowest BCUT2D eigenvalue weighted by Crippen LogP contribution is -2.44. The zero-order chi connectivity index (χ0) is 43.2. The molecule has 4 aliphatic heterocycles. The molecule has 0 aromatic heterocycles. The highest BCUT2D eigenvalue weighted by atomic mass is 16.5. The number of nitrogens with one attached hydrogen (secondary N) is 4. The largest absolute Gasteiger partial charge is 0.376 e. The summed E-state index contributed by atoms with van der Waals surface area (Å²) in [4.78, 5) is 31.0.